The molecule has 0 spiro atoms. The van der Waals surface area contributed by atoms with E-state index in [-0.39, 0.29) is 6.61 Å². The van der Waals surface area contributed by atoms with Crippen molar-refractivity contribution in [3.8, 4) is 0 Å². The Hall–Kier alpha value is -0.900. The standard InChI is InChI=1S/C14H23NO2/c1-11(2)12-4-6-13(7-5-12)14(17)10-15-8-3-9-16/h4-7,11,14-17H,3,8-10H2,1-2H3. The number of nitrogens with one attached hydrogen (secondary N) is 1. The summed E-state index contributed by atoms with van der Waals surface area (Å²) in [6.07, 6.45) is 0.244. The molecule has 0 saturated carbocycles. The van der Waals surface area contributed by atoms with E-state index < -0.39 is 6.10 Å². The molecule has 1 atom stereocenters. The SMILES string of the molecule is CC(C)c1ccc(C(O)CNCCCO)cc1. The second-order valence-electron chi connectivity index (χ2n) is 4.62. The number of hydrogen-bond acceptors (Lipinski definition) is 3. The molecule has 1 aromatic rings. The molecule has 96 valence electrons. The maximum atomic E-state index is 9.92. The van der Waals surface area contributed by atoms with Crippen molar-refractivity contribution in [3.05, 3.63) is 35.4 Å². The summed E-state index contributed by atoms with van der Waals surface area (Å²) in [6, 6.07) is 8.09. The predicted molar refractivity (Wildman–Crippen MR) is 70.1 cm³/mol. The monoisotopic (exact) mass is 237 g/mol. The van der Waals surface area contributed by atoms with Crippen LogP contribution in [0, 0.1) is 0 Å². The van der Waals surface area contributed by atoms with Gasteiger partial charge in [0.05, 0.1) is 6.10 Å². The first-order chi connectivity index (χ1) is 8.15. The van der Waals surface area contributed by atoms with Gasteiger partial charge in [0.2, 0.25) is 0 Å². The third-order valence-electron chi connectivity index (χ3n) is 2.84. The average Bonchev–Trinajstić information content (AvgIpc) is 2.34. The van der Waals surface area contributed by atoms with Crippen LogP contribution in [0.4, 0.5) is 0 Å². The lowest BCUT2D eigenvalue weighted by molar-refractivity contribution is 0.173. The zero-order chi connectivity index (χ0) is 12.7. The fourth-order valence-electron chi connectivity index (χ4n) is 1.66. The first kappa shape index (κ1) is 14.2. The molecule has 0 aromatic heterocycles. The van der Waals surface area contributed by atoms with Crippen LogP contribution < -0.4 is 5.32 Å². The lowest BCUT2D eigenvalue weighted by Gasteiger charge is -2.13. The molecule has 0 amide bonds. The van der Waals surface area contributed by atoms with Crippen molar-refractivity contribution in [2.45, 2.75) is 32.3 Å². The lowest BCUT2D eigenvalue weighted by atomic mass is 10.00. The van der Waals surface area contributed by atoms with Crippen molar-refractivity contribution in [1.29, 1.82) is 0 Å². The molecule has 0 fully saturated rings. The molecule has 3 nitrogen and oxygen atoms in total. The van der Waals surface area contributed by atoms with Gasteiger partial charge in [0.15, 0.2) is 0 Å². The summed E-state index contributed by atoms with van der Waals surface area (Å²) in [5.74, 6) is 0.517. The summed E-state index contributed by atoms with van der Waals surface area (Å²) in [7, 11) is 0. The normalized spacial score (nSPS) is 13.0. The maximum Gasteiger partial charge on any atom is 0.0914 e. The van der Waals surface area contributed by atoms with E-state index in [4.69, 9.17) is 5.11 Å². The molecule has 1 aromatic carbocycles. The second-order valence-corrected chi connectivity index (χ2v) is 4.62. The molecule has 0 aliphatic carbocycles. The Labute approximate surface area is 103 Å². The van der Waals surface area contributed by atoms with Crippen LogP contribution in [0.2, 0.25) is 0 Å². The van der Waals surface area contributed by atoms with E-state index in [0.717, 1.165) is 18.5 Å². The van der Waals surface area contributed by atoms with Crippen LogP contribution in [0.1, 0.15) is 43.4 Å². The highest BCUT2D eigenvalue weighted by Crippen LogP contribution is 2.18. The Kier molecular flexibility index (Phi) is 6.19. The van der Waals surface area contributed by atoms with Crippen LogP contribution in [0.25, 0.3) is 0 Å². The lowest BCUT2D eigenvalue weighted by Crippen LogP contribution is -2.23. The minimum Gasteiger partial charge on any atom is -0.396 e. The number of aliphatic hydroxyl groups excluding tert-OH is 2. The van der Waals surface area contributed by atoms with Gasteiger partial charge in [-0.15, -0.1) is 0 Å². The molecular weight excluding hydrogens is 214 g/mol. The highest BCUT2D eigenvalue weighted by molar-refractivity contribution is 5.26. The van der Waals surface area contributed by atoms with Crippen LogP contribution in [0.5, 0.6) is 0 Å². The van der Waals surface area contributed by atoms with Gasteiger partial charge in [-0.05, 0) is 30.0 Å². The van der Waals surface area contributed by atoms with Crippen molar-refractivity contribution in [2.24, 2.45) is 0 Å². The molecule has 17 heavy (non-hydrogen) atoms. The van der Waals surface area contributed by atoms with E-state index in [1.165, 1.54) is 5.56 Å². The first-order valence-electron chi connectivity index (χ1n) is 6.24. The van der Waals surface area contributed by atoms with E-state index in [0.29, 0.717) is 12.5 Å². The molecular formula is C14H23NO2. The van der Waals surface area contributed by atoms with Gasteiger partial charge in [0.25, 0.3) is 0 Å². The Morgan fingerprint density at radius 1 is 1.12 bits per heavy atom. The molecule has 1 rings (SSSR count). The van der Waals surface area contributed by atoms with E-state index in [1.807, 2.05) is 12.1 Å². The van der Waals surface area contributed by atoms with E-state index >= 15 is 0 Å². The average molecular weight is 237 g/mol. The van der Waals surface area contributed by atoms with Gasteiger partial charge in [-0.1, -0.05) is 38.1 Å². The molecule has 0 saturated heterocycles. The Bertz CT molecular complexity index is 309. The van der Waals surface area contributed by atoms with Crippen LogP contribution in [-0.2, 0) is 0 Å². The first-order valence-corrected chi connectivity index (χ1v) is 6.24. The minimum absolute atomic E-state index is 0.187. The number of hydrogen-bond donors (Lipinski definition) is 3. The van der Waals surface area contributed by atoms with Gasteiger partial charge in [0, 0.05) is 13.2 Å². The summed E-state index contributed by atoms with van der Waals surface area (Å²) in [5, 5.41) is 21.7. The van der Waals surface area contributed by atoms with Gasteiger partial charge >= 0.3 is 0 Å². The van der Waals surface area contributed by atoms with E-state index in [9.17, 15) is 5.11 Å². The highest BCUT2D eigenvalue weighted by Gasteiger charge is 2.07. The van der Waals surface area contributed by atoms with Gasteiger partial charge in [0.1, 0.15) is 0 Å². The predicted octanol–water partition coefficient (Wildman–Crippen LogP) is 1.82. The fraction of sp³-hybridized carbons (Fsp3) is 0.571. The Morgan fingerprint density at radius 3 is 2.24 bits per heavy atom. The minimum atomic E-state index is -0.477. The zero-order valence-corrected chi connectivity index (χ0v) is 10.7. The van der Waals surface area contributed by atoms with Crippen molar-refractivity contribution in [2.75, 3.05) is 19.7 Å². The van der Waals surface area contributed by atoms with Crippen LogP contribution in [0.15, 0.2) is 24.3 Å². The summed E-state index contributed by atoms with van der Waals surface area (Å²) >= 11 is 0. The van der Waals surface area contributed by atoms with Gasteiger partial charge in [-0.3, -0.25) is 0 Å². The van der Waals surface area contributed by atoms with E-state index in [1.54, 1.807) is 0 Å². The molecule has 0 radical (unpaired) electrons. The summed E-state index contributed by atoms with van der Waals surface area (Å²) in [4.78, 5) is 0. The number of benzene rings is 1. The topological polar surface area (TPSA) is 52.5 Å². The smallest absolute Gasteiger partial charge is 0.0914 e. The Balaban J connectivity index is 2.43. The highest BCUT2D eigenvalue weighted by atomic mass is 16.3. The molecule has 3 heteroatoms. The summed E-state index contributed by atoms with van der Waals surface area (Å²) < 4.78 is 0. The molecule has 0 aliphatic heterocycles. The van der Waals surface area contributed by atoms with Crippen molar-refractivity contribution in [3.63, 3.8) is 0 Å². The van der Waals surface area contributed by atoms with Crippen LogP contribution in [-0.4, -0.2) is 29.9 Å². The molecule has 0 bridgehead atoms. The largest absolute Gasteiger partial charge is 0.396 e. The Morgan fingerprint density at radius 2 is 1.71 bits per heavy atom. The third-order valence-corrected chi connectivity index (χ3v) is 2.84. The van der Waals surface area contributed by atoms with Crippen LogP contribution in [0.3, 0.4) is 0 Å². The number of aliphatic hydroxyl groups is 2. The summed E-state index contributed by atoms with van der Waals surface area (Å²) in [5.41, 5.74) is 2.22. The maximum absolute atomic E-state index is 9.92. The van der Waals surface area contributed by atoms with Crippen molar-refractivity contribution >= 4 is 0 Å². The second kappa shape index (κ2) is 7.43. The molecule has 0 heterocycles. The van der Waals surface area contributed by atoms with Crippen molar-refractivity contribution < 1.29 is 10.2 Å². The van der Waals surface area contributed by atoms with E-state index in [2.05, 4.69) is 31.3 Å². The third kappa shape index (κ3) is 4.86. The molecule has 3 N–H and O–H groups in total. The molecule has 0 aliphatic rings. The van der Waals surface area contributed by atoms with Crippen molar-refractivity contribution in [1.82, 2.24) is 5.32 Å². The quantitative estimate of drug-likeness (QED) is 0.634. The summed E-state index contributed by atoms with van der Waals surface area (Å²) in [6.45, 7) is 5.76. The molecule has 1 unspecified atom stereocenters. The van der Waals surface area contributed by atoms with Crippen LogP contribution >= 0.6 is 0 Å². The van der Waals surface area contributed by atoms with Gasteiger partial charge < -0.3 is 15.5 Å². The zero-order valence-electron chi connectivity index (χ0n) is 10.7. The van der Waals surface area contributed by atoms with Gasteiger partial charge in [-0.2, -0.15) is 0 Å². The van der Waals surface area contributed by atoms with Gasteiger partial charge in [-0.25, -0.2) is 0 Å². The number of rotatable bonds is 7. The fourth-order valence-corrected chi connectivity index (χ4v) is 1.66.